The van der Waals surface area contributed by atoms with E-state index < -0.39 is 0 Å². The minimum absolute atomic E-state index is 0.387. The van der Waals surface area contributed by atoms with E-state index in [1.807, 2.05) is 0 Å². The van der Waals surface area contributed by atoms with Gasteiger partial charge in [0.25, 0.3) is 0 Å². The number of aromatic nitrogens is 1. The first kappa shape index (κ1) is 14.2. The number of rotatable bonds is 5. The summed E-state index contributed by atoms with van der Waals surface area (Å²) in [6.45, 7) is 1.06. The predicted molar refractivity (Wildman–Crippen MR) is 77.3 cm³/mol. The molecule has 1 fully saturated rings. The monoisotopic (exact) mass is 302 g/mol. The van der Waals surface area contributed by atoms with Crippen molar-refractivity contribution < 1.29 is 4.74 Å². The molecule has 0 aliphatic heterocycles. The maximum Gasteiger partial charge on any atom is 0.232 e. The number of nitrogens with zero attached hydrogens (tertiary/aromatic N) is 2. The van der Waals surface area contributed by atoms with Crippen LogP contribution in [0.2, 0.25) is 10.0 Å². The van der Waals surface area contributed by atoms with E-state index in [2.05, 4.69) is 20.6 Å². The number of hydrogen-bond acceptors (Lipinski definition) is 3. The van der Waals surface area contributed by atoms with Gasteiger partial charge in [-0.15, -0.1) is 0 Å². The van der Waals surface area contributed by atoms with Crippen molar-refractivity contribution in [1.29, 1.82) is 0 Å². The van der Waals surface area contributed by atoms with Crippen LogP contribution in [0.15, 0.2) is 17.3 Å². The fourth-order valence-corrected chi connectivity index (χ4v) is 1.88. The summed E-state index contributed by atoms with van der Waals surface area (Å²) in [4.78, 5) is 8.13. The summed E-state index contributed by atoms with van der Waals surface area (Å²) in [7, 11) is 1.75. The molecule has 104 valence electrons. The van der Waals surface area contributed by atoms with Crippen molar-refractivity contribution in [1.82, 2.24) is 15.6 Å². The van der Waals surface area contributed by atoms with Gasteiger partial charge in [0.2, 0.25) is 5.88 Å². The number of aliphatic imine (C=N–C) groups is 1. The predicted octanol–water partition coefficient (Wildman–Crippen LogP) is 2.09. The number of pyridine rings is 1. The summed E-state index contributed by atoms with van der Waals surface area (Å²) < 4.78 is 5.46. The van der Waals surface area contributed by atoms with Gasteiger partial charge in [-0.05, 0) is 18.9 Å². The second-order valence-electron chi connectivity index (χ2n) is 4.21. The zero-order valence-electron chi connectivity index (χ0n) is 10.6. The lowest BCUT2D eigenvalue weighted by Gasteiger charge is -2.11. The zero-order chi connectivity index (χ0) is 13.7. The Hall–Kier alpha value is -1.20. The third-order valence-corrected chi connectivity index (χ3v) is 3.03. The van der Waals surface area contributed by atoms with Crippen LogP contribution in [0.3, 0.4) is 0 Å². The summed E-state index contributed by atoms with van der Waals surface area (Å²) in [5.41, 5.74) is 0. The molecular formula is C12H16Cl2N4O. The number of guanidine groups is 1. The molecular weight excluding hydrogens is 287 g/mol. The Morgan fingerprint density at radius 3 is 2.95 bits per heavy atom. The number of nitrogens with one attached hydrogen (secondary N) is 2. The first-order valence-electron chi connectivity index (χ1n) is 6.10. The van der Waals surface area contributed by atoms with Gasteiger partial charge in [0.05, 0.1) is 11.6 Å². The van der Waals surface area contributed by atoms with Crippen LogP contribution in [-0.2, 0) is 0 Å². The third-order valence-electron chi connectivity index (χ3n) is 2.55. The number of halogens is 2. The average Bonchev–Trinajstić information content (AvgIpc) is 3.19. The average molecular weight is 303 g/mol. The highest BCUT2D eigenvalue weighted by atomic mass is 35.5. The summed E-state index contributed by atoms with van der Waals surface area (Å²) >= 11 is 11.7. The van der Waals surface area contributed by atoms with Crippen molar-refractivity contribution in [3.8, 4) is 5.88 Å². The van der Waals surface area contributed by atoms with E-state index in [4.69, 9.17) is 27.9 Å². The minimum Gasteiger partial charge on any atom is -0.475 e. The molecule has 0 saturated heterocycles. The summed E-state index contributed by atoms with van der Waals surface area (Å²) in [6, 6.07) is 2.17. The van der Waals surface area contributed by atoms with Crippen LogP contribution in [-0.4, -0.2) is 37.2 Å². The highest BCUT2D eigenvalue weighted by Gasteiger charge is 2.21. The van der Waals surface area contributed by atoms with Crippen LogP contribution in [0.4, 0.5) is 0 Å². The largest absolute Gasteiger partial charge is 0.475 e. The molecule has 0 atom stereocenters. The second kappa shape index (κ2) is 6.82. The van der Waals surface area contributed by atoms with Crippen LogP contribution in [0.25, 0.3) is 0 Å². The van der Waals surface area contributed by atoms with Crippen LogP contribution in [0, 0.1) is 0 Å². The van der Waals surface area contributed by atoms with Gasteiger partial charge < -0.3 is 15.4 Å². The minimum atomic E-state index is 0.387. The van der Waals surface area contributed by atoms with Gasteiger partial charge in [0.1, 0.15) is 11.6 Å². The molecule has 1 aromatic heterocycles. The fraction of sp³-hybridized carbons (Fsp3) is 0.500. The molecule has 0 radical (unpaired) electrons. The Balaban J connectivity index is 1.70. The molecule has 0 bridgehead atoms. The standard InChI is InChI=1S/C12H16Cl2N4O/c1-15-12(18-9-2-3-9)16-4-5-19-11-10(14)6-8(13)7-17-11/h6-7,9H,2-5H2,1H3,(H2,15,16,18). The summed E-state index contributed by atoms with van der Waals surface area (Å²) in [5, 5.41) is 7.34. The SMILES string of the molecule is CN=C(NCCOc1ncc(Cl)cc1Cl)NC1CC1. The molecule has 2 rings (SSSR count). The quantitative estimate of drug-likeness (QED) is 0.497. The molecule has 1 aliphatic carbocycles. The van der Waals surface area contributed by atoms with Gasteiger partial charge >= 0.3 is 0 Å². The lowest BCUT2D eigenvalue weighted by molar-refractivity contribution is 0.310. The van der Waals surface area contributed by atoms with Gasteiger partial charge in [-0.1, -0.05) is 23.2 Å². The van der Waals surface area contributed by atoms with E-state index in [1.54, 1.807) is 13.1 Å². The molecule has 1 saturated carbocycles. The van der Waals surface area contributed by atoms with Gasteiger partial charge in [0, 0.05) is 19.3 Å². The molecule has 0 unspecified atom stereocenters. The number of hydrogen-bond donors (Lipinski definition) is 2. The molecule has 5 nitrogen and oxygen atoms in total. The van der Waals surface area contributed by atoms with Gasteiger partial charge in [0.15, 0.2) is 5.96 Å². The van der Waals surface area contributed by atoms with Crippen molar-refractivity contribution in [3.63, 3.8) is 0 Å². The van der Waals surface area contributed by atoms with Crippen LogP contribution in [0.5, 0.6) is 5.88 Å². The summed E-state index contributed by atoms with van der Waals surface area (Å²) in [6.07, 6.45) is 3.92. The molecule has 1 aromatic rings. The molecule has 0 spiro atoms. The normalized spacial score (nSPS) is 15.2. The Morgan fingerprint density at radius 2 is 2.32 bits per heavy atom. The summed E-state index contributed by atoms with van der Waals surface area (Å²) in [5.74, 6) is 1.18. The van der Waals surface area contributed by atoms with E-state index in [0.29, 0.717) is 35.1 Å². The van der Waals surface area contributed by atoms with E-state index in [9.17, 15) is 0 Å². The van der Waals surface area contributed by atoms with Crippen LogP contribution in [0.1, 0.15) is 12.8 Å². The topological polar surface area (TPSA) is 58.5 Å². The first-order valence-corrected chi connectivity index (χ1v) is 6.85. The Labute approximate surface area is 122 Å². The van der Waals surface area contributed by atoms with E-state index in [-0.39, 0.29) is 0 Å². The van der Waals surface area contributed by atoms with Crippen molar-refractivity contribution in [2.24, 2.45) is 4.99 Å². The van der Waals surface area contributed by atoms with E-state index in [0.717, 1.165) is 5.96 Å². The van der Waals surface area contributed by atoms with Gasteiger partial charge in [-0.25, -0.2) is 4.98 Å². The highest BCUT2D eigenvalue weighted by molar-refractivity contribution is 6.35. The lowest BCUT2D eigenvalue weighted by Crippen LogP contribution is -2.40. The fourth-order valence-electron chi connectivity index (χ4n) is 1.44. The van der Waals surface area contributed by atoms with E-state index >= 15 is 0 Å². The van der Waals surface area contributed by atoms with Crippen molar-refractivity contribution in [3.05, 3.63) is 22.3 Å². The molecule has 0 aromatic carbocycles. The molecule has 1 aliphatic rings. The molecule has 1 heterocycles. The maximum atomic E-state index is 5.95. The Kier molecular flexibility index (Phi) is 5.10. The zero-order valence-corrected chi connectivity index (χ0v) is 12.1. The maximum absolute atomic E-state index is 5.95. The molecule has 2 N–H and O–H groups in total. The lowest BCUT2D eigenvalue weighted by atomic mass is 10.5. The third kappa shape index (κ3) is 4.76. The molecule has 0 amide bonds. The first-order chi connectivity index (χ1) is 9.19. The van der Waals surface area contributed by atoms with Crippen LogP contribution < -0.4 is 15.4 Å². The van der Waals surface area contributed by atoms with Crippen molar-refractivity contribution in [2.75, 3.05) is 20.2 Å². The van der Waals surface area contributed by atoms with Gasteiger partial charge in [-0.3, -0.25) is 4.99 Å². The van der Waals surface area contributed by atoms with Gasteiger partial charge in [-0.2, -0.15) is 0 Å². The van der Waals surface area contributed by atoms with Crippen molar-refractivity contribution >= 4 is 29.2 Å². The molecule has 7 heteroatoms. The highest BCUT2D eigenvalue weighted by Crippen LogP contribution is 2.24. The Morgan fingerprint density at radius 1 is 1.53 bits per heavy atom. The number of ether oxygens (including phenoxy) is 1. The Bertz CT molecular complexity index is 463. The van der Waals surface area contributed by atoms with Crippen molar-refractivity contribution in [2.45, 2.75) is 18.9 Å². The smallest absolute Gasteiger partial charge is 0.232 e. The second-order valence-corrected chi connectivity index (χ2v) is 5.05. The van der Waals surface area contributed by atoms with E-state index in [1.165, 1.54) is 19.0 Å². The molecule has 19 heavy (non-hydrogen) atoms. The van der Waals surface area contributed by atoms with Crippen LogP contribution >= 0.6 is 23.2 Å².